The predicted octanol–water partition coefficient (Wildman–Crippen LogP) is 3.97. The van der Waals surface area contributed by atoms with Crippen LogP contribution in [0.1, 0.15) is 60.8 Å². The molecular weight excluding hydrogens is 520 g/mol. The summed E-state index contributed by atoms with van der Waals surface area (Å²) in [6.45, 7) is 22.4. The third-order valence-electron chi connectivity index (χ3n) is 5.50. The molecule has 0 aliphatic rings. The van der Waals surface area contributed by atoms with Gasteiger partial charge in [-0.1, -0.05) is 41.5 Å². The van der Waals surface area contributed by atoms with Crippen LogP contribution in [0.4, 0.5) is 0 Å². The standard InChI is InChI=1S/C30H60O10/c1-29(2,3)9-11-33-13-15-35-17-19-37-21-23-39-25-27-40-26-24-38-22-20-36-18-16-34-14-12-32-10-7-8-28(31)30(4,5)6/h7-27H2,1-6H3. The second kappa shape index (κ2) is 27.2. The fourth-order valence-electron chi connectivity index (χ4n) is 2.95. The summed E-state index contributed by atoms with van der Waals surface area (Å²) in [4.78, 5) is 11.8. The molecule has 240 valence electrons. The molecule has 0 aromatic carbocycles. The molecule has 0 unspecified atom stereocenters. The number of hydrogen-bond acceptors (Lipinski definition) is 10. The van der Waals surface area contributed by atoms with E-state index < -0.39 is 0 Å². The van der Waals surface area contributed by atoms with Crippen LogP contribution in [0.25, 0.3) is 0 Å². The first-order valence-electron chi connectivity index (χ1n) is 14.9. The van der Waals surface area contributed by atoms with Gasteiger partial charge in [0.2, 0.25) is 0 Å². The van der Waals surface area contributed by atoms with Crippen LogP contribution in [0.3, 0.4) is 0 Å². The maximum absolute atomic E-state index is 11.8. The van der Waals surface area contributed by atoms with Gasteiger partial charge in [-0.3, -0.25) is 4.79 Å². The van der Waals surface area contributed by atoms with Gasteiger partial charge in [0.25, 0.3) is 0 Å². The lowest BCUT2D eigenvalue weighted by molar-refractivity contribution is -0.126. The maximum atomic E-state index is 11.8. The minimum atomic E-state index is -0.271. The van der Waals surface area contributed by atoms with E-state index in [2.05, 4.69) is 20.8 Å². The third kappa shape index (κ3) is 31.8. The van der Waals surface area contributed by atoms with Gasteiger partial charge in [0.05, 0.1) is 106 Å². The second-order valence-electron chi connectivity index (χ2n) is 11.6. The summed E-state index contributed by atoms with van der Waals surface area (Å²) in [5.41, 5.74) is 0.0350. The zero-order chi connectivity index (χ0) is 29.8. The van der Waals surface area contributed by atoms with Crippen LogP contribution in [0.2, 0.25) is 0 Å². The smallest absolute Gasteiger partial charge is 0.138 e. The highest BCUT2D eigenvalue weighted by molar-refractivity contribution is 5.83. The molecule has 0 aliphatic heterocycles. The monoisotopic (exact) mass is 580 g/mol. The van der Waals surface area contributed by atoms with E-state index in [0.29, 0.717) is 124 Å². The summed E-state index contributed by atoms with van der Waals surface area (Å²) in [6, 6.07) is 0. The van der Waals surface area contributed by atoms with Crippen molar-refractivity contribution in [2.24, 2.45) is 10.8 Å². The van der Waals surface area contributed by atoms with Gasteiger partial charge in [-0.15, -0.1) is 0 Å². The molecule has 0 aromatic heterocycles. The average molecular weight is 581 g/mol. The first-order valence-corrected chi connectivity index (χ1v) is 14.9. The van der Waals surface area contributed by atoms with Crippen molar-refractivity contribution < 1.29 is 47.4 Å². The van der Waals surface area contributed by atoms with Gasteiger partial charge in [0.1, 0.15) is 5.78 Å². The minimum absolute atomic E-state index is 0.269. The van der Waals surface area contributed by atoms with Gasteiger partial charge in [-0.2, -0.15) is 0 Å². The van der Waals surface area contributed by atoms with Crippen LogP contribution in [-0.4, -0.2) is 125 Å². The van der Waals surface area contributed by atoms with E-state index in [1.165, 1.54) is 0 Å². The van der Waals surface area contributed by atoms with Crippen molar-refractivity contribution in [2.45, 2.75) is 60.8 Å². The third-order valence-corrected chi connectivity index (χ3v) is 5.50. The van der Waals surface area contributed by atoms with Crippen molar-refractivity contribution in [1.29, 1.82) is 0 Å². The largest absolute Gasteiger partial charge is 0.379 e. The Hall–Kier alpha value is -0.690. The molecular formula is C30H60O10. The summed E-state index contributed by atoms with van der Waals surface area (Å²) in [5.74, 6) is 0.269. The molecule has 0 N–H and O–H groups in total. The van der Waals surface area contributed by atoms with Crippen LogP contribution in [-0.2, 0) is 47.4 Å². The van der Waals surface area contributed by atoms with E-state index in [9.17, 15) is 4.79 Å². The summed E-state index contributed by atoms with van der Waals surface area (Å²) in [6.07, 6.45) is 2.36. The molecule has 0 saturated carbocycles. The number of carbonyl (C=O) groups is 1. The molecule has 0 radical (unpaired) electrons. The first-order chi connectivity index (χ1) is 19.1. The second-order valence-corrected chi connectivity index (χ2v) is 11.6. The zero-order valence-electron chi connectivity index (χ0n) is 26.4. The van der Waals surface area contributed by atoms with Crippen LogP contribution >= 0.6 is 0 Å². The van der Waals surface area contributed by atoms with Crippen molar-refractivity contribution >= 4 is 5.78 Å². The van der Waals surface area contributed by atoms with Gasteiger partial charge in [0.15, 0.2) is 0 Å². The molecule has 0 fully saturated rings. The Balaban J connectivity index is 3.11. The van der Waals surface area contributed by atoms with Crippen molar-refractivity contribution in [1.82, 2.24) is 0 Å². The topological polar surface area (TPSA) is 100 Å². The van der Waals surface area contributed by atoms with Gasteiger partial charge in [0, 0.05) is 25.0 Å². The van der Waals surface area contributed by atoms with Crippen molar-refractivity contribution in [3.05, 3.63) is 0 Å². The van der Waals surface area contributed by atoms with E-state index in [4.69, 9.17) is 42.6 Å². The van der Waals surface area contributed by atoms with Crippen LogP contribution in [0.15, 0.2) is 0 Å². The molecule has 0 heterocycles. The summed E-state index contributed by atoms with van der Waals surface area (Å²) in [7, 11) is 0. The molecule has 0 amide bonds. The highest BCUT2D eigenvalue weighted by Crippen LogP contribution is 2.18. The lowest BCUT2D eigenvalue weighted by Crippen LogP contribution is -2.20. The lowest BCUT2D eigenvalue weighted by atomic mass is 9.88. The van der Waals surface area contributed by atoms with E-state index in [-0.39, 0.29) is 11.2 Å². The van der Waals surface area contributed by atoms with Gasteiger partial charge in [-0.25, -0.2) is 0 Å². The normalized spacial score (nSPS) is 12.3. The SMILES string of the molecule is CC(C)(C)CCOCCOCCOCCOCCOCCOCCOCCOCCOCCCC(=O)C(C)(C)C. The number of carbonyl (C=O) groups excluding carboxylic acids is 1. The fourth-order valence-corrected chi connectivity index (χ4v) is 2.95. The predicted molar refractivity (Wildman–Crippen MR) is 155 cm³/mol. The number of rotatable bonds is 30. The highest BCUT2D eigenvalue weighted by atomic mass is 16.6. The van der Waals surface area contributed by atoms with Gasteiger partial charge >= 0.3 is 0 Å². The number of ketones is 1. The molecule has 0 aliphatic carbocycles. The van der Waals surface area contributed by atoms with Crippen molar-refractivity contribution in [3.63, 3.8) is 0 Å². The first kappa shape index (κ1) is 39.3. The Morgan fingerprint density at radius 2 is 0.650 bits per heavy atom. The molecule has 0 bridgehead atoms. The number of ether oxygens (including phenoxy) is 9. The molecule has 0 spiro atoms. The van der Waals surface area contributed by atoms with E-state index >= 15 is 0 Å². The average Bonchev–Trinajstić information content (AvgIpc) is 2.88. The van der Waals surface area contributed by atoms with Crippen molar-refractivity contribution in [3.8, 4) is 0 Å². The van der Waals surface area contributed by atoms with Crippen molar-refractivity contribution in [2.75, 3.05) is 119 Å². The molecule has 40 heavy (non-hydrogen) atoms. The summed E-state index contributed by atoms with van der Waals surface area (Å²) in [5, 5.41) is 0. The molecule has 0 aromatic rings. The highest BCUT2D eigenvalue weighted by Gasteiger charge is 2.19. The van der Waals surface area contributed by atoms with Crippen LogP contribution in [0, 0.1) is 10.8 Å². The van der Waals surface area contributed by atoms with Crippen LogP contribution in [0.5, 0.6) is 0 Å². The van der Waals surface area contributed by atoms with E-state index in [1.807, 2.05) is 20.8 Å². The molecule has 10 nitrogen and oxygen atoms in total. The maximum Gasteiger partial charge on any atom is 0.138 e. The van der Waals surface area contributed by atoms with Gasteiger partial charge in [-0.05, 0) is 18.3 Å². The minimum Gasteiger partial charge on any atom is -0.379 e. The number of hydrogen-bond donors (Lipinski definition) is 0. The molecule has 0 atom stereocenters. The quantitative estimate of drug-likeness (QED) is 0.116. The Kier molecular flexibility index (Phi) is 26.7. The molecule has 10 heteroatoms. The number of Topliss-reactive ketones (excluding diaryl/α,β-unsaturated/α-hetero) is 1. The fraction of sp³-hybridized carbons (Fsp3) is 0.967. The van der Waals surface area contributed by atoms with Gasteiger partial charge < -0.3 is 42.6 Å². The van der Waals surface area contributed by atoms with Crippen LogP contribution < -0.4 is 0 Å². The summed E-state index contributed by atoms with van der Waals surface area (Å²) < 4.78 is 49.3. The Labute approximate surface area is 244 Å². The van der Waals surface area contributed by atoms with E-state index in [0.717, 1.165) is 19.4 Å². The molecule has 0 rings (SSSR count). The Morgan fingerprint density at radius 3 is 0.900 bits per heavy atom. The Bertz CT molecular complexity index is 546. The lowest BCUT2D eigenvalue weighted by Gasteiger charge is -2.17. The summed E-state index contributed by atoms with van der Waals surface area (Å²) >= 11 is 0. The van der Waals surface area contributed by atoms with E-state index in [1.54, 1.807) is 0 Å². The Morgan fingerprint density at radius 1 is 0.400 bits per heavy atom. The zero-order valence-corrected chi connectivity index (χ0v) is 26.4. The molecule has 0 saturated heterocycles.